The lowest BCUT2D eigenvalue weighted by molar-refractivity contribution is -0.140. The summed E-state index contributed by atoms with van der Waals surface area (Å²) in [4.78, 5) is 27.8. The highest BCUT2D eigenvalue weighted by molar-refractivity contribution is 7.92. The van der Waals surface area contributed by atoms with E-state index in [1.165, 1.54) is 30.1 Å². The minimum atomic E-state index is -4.25. The molecule has 7 nitrogen and oxygen atoms in total. The van der Waals surface area contributed by atoms with E-state index < -0.39 is 34.3 Å². The Morgan fingerprint density at radius 2 is 1.73 bits per heavy atom. The zero-order valence-electron chi connectivity index (χ0n) is 20.8. The molecular formula is C27H29ClFN3O4S. The number of nitrogens with zero attached hydrogens (tertiary/aromatic N) is 2. The van der Waals surface area contributed by atoms with E-state index in [1.54, 1.807) is 25.1 Å². The minimum absolute atomic E-state index is 0.0205. The smallest absolute Gasteiger partial charge is 0.264 e. The fraction of sp³-hybridized carbons (Fsp3) is 0.259. The van der Waals surface area contributed by atoms with Crippen molar-refractivity contribution in [2.75, 3.05) is 17.9 Å². The summed E-state index contributed by atoms with van der Waals surface area (Å²) in [7, 11) is -2.77. The van der Waals surface area contributed by atoms with Crippen LogP contribution >= 0.6 is 11.6 Å². The van der Waals surface area contributed by atoms with Crippen molar-refractivity contribution in [2.45, 2.75) is 37.8 Å². The van der Waals surface area contributed by atoms with Gasteiger partial charge in [-0.25, -0.2) is 12.8 Å². The molecule has 0 aliphatic rings. The second-order valence-corrected chi connectivity index (χ2v) is 10.7. The van der Waals surface area contributed by atoms with Gasteiger partial charge in [-0.2, -0.15) is 0 Å². The fourth-order valence-electron chi connectivity index (χ4n) is 3.98. The lowest BCUT2D eigenvalue weighted by Gasteiger charge is -2.33. The van der Waals surface area contributed by atoms with Gasteiger partial charge in [-0.15, -0.1) is 0 Å². The molecule has 0 aromatic heterocycles. The van der Waals surface area contributed by atoms with Crippen molar-refractivity contribution in [3.8, 4) is 0 Å². The maximum atomic E-state index is 13.9. The van der Waals surface area contributed by atoms with Gasteiger partial charge in [-0.1, -0.05) is 66.6 Å². The predicted octanol–water partition coefficient (Wildman–Crippen LogP) is 4.54. The Bertz CT molecular complexity index is 1370. The number of carbonyl (C=O) groups is 2. The van der Waals surface area contributed by atoms with Crippen molar-refractivity contribution in [2.24, 2.45) is 0 Å². The molecule has 10 heteroatoms. The van der Waals surface area contributed by atoms with Crippen molar-refractivity contribution < 1.29 is 22.4 Å². The molecule has 3 rings (SSSR count). The summed E-state index contributed by atoms with van der Waals surface area (Å²) in [5.74, 6) is -1.69. The number of rotatable bonds is 10. The topological polar surface area (TPSA) is 86.8 Å². The van der Waals surface area contributed by atoms with Gasteiger partial charge < -0.3 is 10.2 Å². The highest BCUT2D eigenvalue weighted by atomic mass is 35.5. The largest absolute Gasteiger partial charge is 0.357 e. The number of nitrogens with one attached hydrogen (secondary N) is 1. The number of amides is 2. The average molecular weight is 546 g/mol. The fourth-order valence-corrected chi connectivity index (χ4v) is 5.58. The standard InChI is InChI=1S/C27H29ClFN3O4S/c1-4-25(27(34)30-3)31(17-20-10-8-9-19(2)15-20)26(33)18-32(21-13-14-24(29)23(28)16-21)37(35,36)22-11-6-5-7-12-22/h5-16,25H,4,17-18H2,1-3H3,(H,30,34)/t25-/m0/s1. The monoisotopic (exact) mass is 545 g/mol. The Balaban J connectivity index is 2.07. The van der Waals surface area contributed by atoms with Crippen molar-refractivity contribution in [1.29, 1.82) is 0 Å². The molecule has 3 aromatic rings. The van der Waals surface area contributed by atoms with Crippen LogP contribution in [0.4, 0.5) is 10.1 Å². The third-order valence-corrected chi connectivity index (χ3v) is 7.95. The first kappa shape index (κ1) is 28.1. The lowest BCUT2D eigenvalue weighted by atomic mass is 10.1. The number of hydrogen-bond donors (Lipinski definition) is 1. The molecule has 0 aliphatic carbocycles. The number of anilines is 1. The zero-order valence-corrected chi connectivity index (χ0v) is 22.4. The van der Waals surface area contributed by atoms with E-state index in [0.717, 1.165) is 27.6 Å². The Morgan fingerprint density at radius 3 is 2.32 bits per heavy atom. The third kappa shape index (κ3) is 6.67. The van der Waals surface area contributed by atoms with Gasteiger partial charge in [-0.05, 0) is 49.2 Å². The van der Waals surface area contributed by atoms with Crippen LogP contribution in [0.1, 0.15) is 24.5 Å². The Kier molecular flexibility index (Phi) is 9.29. The Labute approximate surface area is 221 Å². The molecular weight excluding hydrogens is 517 g/mol. The van der Waals surface area contributed by atoms with E-state index in [2.05, 4.69) is 5.32 Å². The van der Waals surface area contributed by atoms with Crippen LogP contribution < -0.4 is 9.62 Å². The molecule has 0 fully saturated rings. The van der Waals surface area contributed by atoms with Crippen LogP contribution in [0.15, 0.2) is 77.7 Å². The number of hydrogen-bond acceptors (Lipinski definition) is 4. The van der Waals surface area contributed by atoms with Gasteiger partial charge >= 0.3 is 0 Å². The van der Waals surface area contributed by atoms with Gasteiger partial charge in [0.1, 0.15) is 18.4 Å². The van der Waals surface area contributed by atoms with Crippen LogP contribution in [0.2, 0.25) is 5.02 Å². The number of likely N-dealkylation sites (N-methyl/N-ethyl adjacent to an activating group) is 1. The second-order valence-electron chi connectivity index (χ2n) is 8.47. The maximum absolute atomic E-state index is 13.9. The molecule has 196 valence electrons. The quantitative estimate of drug-likeness (QED) is 0.405. The number of benzene rings is 3. The Morgan fingerprint density at radius 1 is 1.03 bits per heavy atom. The van der Waals surface area contributed by atoms with E-state index >= 15 is 0 Å². The van der Waals surface area contributed by atoms with Crippen LogP contribution in [0.25, 0.3) is 0 Å². The third-order valence-electron chi connectivity index (χ3n) is 5.87. The molecule has 0 radical (unpaired) electrons. The van der Waals surface area contributed by atoms with Crippen LogP contribution in [-0.4, -0.2) is 44.8 Å². The zero-order chi connectivity index (χ0) is 27.2. The van der Waals surface area contributed by atoms with E-state index in [4.69, 9.17) is 11.6 Å². The second kappa shape index (κ2) is 12.2. The summed E-state index contributed by atoms with van der Waals surface area (Å²) in [5.41, 5.74) is 1.79. The lowest BCUT2D eigenvalue weighted by Crippen LogP contribution is -2.51. The molecule has 0 unspecified atom stereocenters. The number of halogens is 2. The molecule has 0 aliphatic heterocycles. The Hall–Kier alpha value is -3.43. The predicted molar refractivity (Wildman–Crippen MR) is 142 cm³/mol. The van der Waals surface area contributed by atoms with Gasteiger partial charge in [0, 0.05) is 13.6 Å². The van der Waals surface area contributed by atoms with Gasteiger partial charge in [0.25, 0.3) is 10.0 Å². The number of sulfonamides is 1. The first-order valence-electron chi connectivity index (χ1n) is 11.7. The molecule has 2 amide bonds. The van der Waals surface area contributed by atoms with Crippen molar-refractivity contribution in [1.82, 2.24) is 10.2 Å². The van der Waals surface area contributed by atoms with E-state index in [9.17, 15) is 22.4 Å². The molecule has 3 aromatic carbocycles. The van der Waals surface area contributed by atoms with Gasteiger partial charge in [0.2, 0.25) is 11.8 Å². The molecule has 0 bridgehead atoms. The van der Waals surface area contributed by atoms with Crippen molar-refractivity contribution >= 4 is 39.1 Å². The molecule has 1 N–H and O–H groups in total. The molecule has 1 atom stereocenters. The first-order chi connectivity index (χ1) is 17.6. The first-order valence-corrected chi connectivity index (χ1v) is 13.5. The summed E-state index contributed by atoms with van der Waals surface area (Å²) in [6, 6.07) is 17.7. The van der Waals surface area contributed by atoms with Crippen LogP contribution in [0.5, 0.6) is 0 Å². The summed E-state index contributed by atoms with van der Waals surface area (Å²) >= 11 is 5.96. The highest BCUT2D eigenvalue weighted by Gasteiger charge is 2.33. The van der Waals surface area contributed by atoms with Gasteiger partial charge in [-0.3, -0.25) is 13.9 Å². The molecule has 0 saturated heterocycles. The van der Waals surface area contributed by atoms with Gasteiger partial charge in [0.05, 0.1) is 15.6 Å². The minimum Gasteiger partial charge on any atom is -0.357 e. The highest BCUT2D eigenvalue weighted by Crippen LogP contribution is 2.28. The summed E-state index contributed by atoms with van der Waals surface area (Å²) in [6.07, 6.45) is 0.311. The van der Waals surface area contributed by atoms with Crippen molar-refractivity contribution in [3.63, 3.8) is 0 Å². The molecule has 0 saturated carbocycles. The number of aryl methyl sites for hydroxylation is 1. The SMILES string of the molecule is CC[C@@H](C(=O)NC)N(Cc1cccc(C)c1)C(=O)CN(c1ccc(F)c(Cl)c1)S(=O)(=O)c1ccccc1. The van der Waals surface area contributed by atoms with Crippen LogP contribution in [0, 0.1) is 12.7 Å². The van der Waals surface area contributed by atoms with Crippen molar-refractivity contribution in [3.05, 3.63) is 94.8 Å². The van der Waals surface area contributed by atoms with E-state index in [1.807, 2.05) is 31.2 Å². The average Bonchev–Trinajstić information content (AvgIpc) is 2.89. The maximum Gasteiger partial charge on any atom is 0.264 e. The molecule has 0 spiro atoms. The summed E-state index contributed by atoms with van der Waals surface area (Å²) in [5, 5.41) is 2.29. The van der Waals surface area contributed by atoms with Gasteiger partial charge in [0.15, 0.2) is 0 Å². The normalized spacial score (nSPS) is 12.0. The van der Waals surface area contributed by atoms with E-state index in [0.29, 0.717) is 6.42 Å². The molecule has 0 heterocycles. The molecule has 37 heavy (non-hydrogen) atoms. The van der Waals surface area contributed by atoms with Crippen LogP contribution in [0.3, 0.4) is 0 Å². The number of carbonyl (C=O) groups excluding carboxylic acids is 2. The van der Waals surface area contributed by atoms with E-state index in [-0.39, 0.29) is 28.1 Å². The summed E-state index contributed by atoms with van der Waals surface area (Å²) in [6.45, 7) is 3.15. The van der Waals surface area contributed by atoms with Crippen LogP contribution in [-0.2, 0) is 26.2 Å². The summed E-state index contributed by atoms with van der Waals surface area (Å²) < 4.78 is 42.1.